The SMILES string of the molecule is CC(=O)/C=C(/C)[O-].[OH-].[OH-].[OH-].[OH-].[Ti]. The van der Waals surface area contributed by atoms with Crippen molar-refractivity contribution in [1.29, 1.82) is 0 Å². The van der Waals surface area contributed by atoms with Crippen molar-refractivity contribution in [3.05, 3.63) is 11.8 Å². The van der Waals surface area contributed by atoms with Crippen LogP contribution in [0.25, 0.3) is 0 Å². The molecular weight excluding hydrogens is 204 g/mol. The van der Waals surface area contributed by atoms with E-state index < -0.39 is 0 Å². The van der Waals surface area contributed by atoms with E-state index in [9.17, 15) is 9.90 Å². The molecule has 0 aliphatic heterocycles. The van der Waals surface area contributed by atoms with Crippen LogP contribution in [0.5, 0.6) is 0 Å². The van der Waals surface area contributed by atoms with Gasteiger partial charge in [0.05, 0.1) is 0 Å². The Hall–Kier alpha value is -0.236. The predicted octanol–water partition coefficient (Wildman–Crippen LogP) is -0.870. The quantitative estimate of drug-likeness (QED) is 0.313. The number of allylic oxidation sites excluding steroid dienone is 2. The zero-order valence-corrected chi connectivity index (χ0v) is 8.24. The third-order valence-corrected chi connectivity index (χ3v) is 0.407. The first-order valence-corrected chi connectivity index (χ1v) is 1.99. The van der Waals surface area contributed by atoms with Crippen LogP contribution in [-0.2, 0) is 26.5 Å². The second-order valence-corrected chi connectivity index (χ2v) is 1.37. The Balaban J connectivity index is -0.0000000180. The Bertz CT molecular complexity index is 109. The molecule has 0 amide bonds. The first-order valence-electron chi connectivity index (χ1n) is 1.99. The monoisotopic (exact) mass is 215 g/mol. The fourth-order valence-corrected chi connectivity index (χ4v) is 0.286. The number of hydrogen-bond donors (Lipinski definition) is 0. The van der Waals surface area contributed by atoms with Crippen LogP contribution in [0.4, 0.5) is 0 Å². The van der Waals surface area contributed by atoms with Crippen LogP contribution in [-0.4, -0.2) is 27.7 Å². The predicted molar refractivity (Wildman–Crippen MR) is 32.2 cm³/mol. The van der Waals surface area contributed by atoms with Gasteiger partial charge in [0.15, 0.2) is 5.78 Å². The number of hydrogen-bond acceptors (Lipinski definition) is 6. The molecule has 0 radical (unpaired) electrons. The van der Waals surface area contributed by atoms with Crippen LogP contribution in [0, 0.1) is 0 Å². The molecule has 4 N–H and O–H groups in total. The Morgan fingerprint density at radius 2 is 1.33 bits per heavy atom. The van der Waals surface area contributed by atoms with Gasteiger partial charge in [0.25, 0.3) is 0 Å². The molecule has 0 bridgehead atoms. The molecule has 7 heteroatoms. The van der Waals surface area contributed by atoms with Gasteiger partial charge in [-0.05, 0) is 13.0 Å². The summed E-state index contributed by atoms with van der Waals surface area (Å²) in [6, 6.07) is 0. The maximum Gasteiger partial charge on any atom is 0.151 e. The zero-order chi connectivity index (χ0) is 5.86. The van der Waals surface area contributed by atoms with E-state index in [1.807, 2.05) is 0 Å². The minimum Gasteiger partial charge on any atom is -0.876 e. The second-order valence-electron chi connectivity index (χ2n) is 1.37. The third kappa shape index (κ3) is 52.9. The number of ketones is 1. The molecule has 0 unspecified atom stereocenters. The molecule has 0 aliphatic carbocycles. The van der Waals surface area contributed by atoms with E-state index in [2.05, 4.69) is 0 Å². The molecule has 76 valence electrons. The van der Waals surface area contributed by atoms with Crippen molar-refractivity contribution in [2.24, 2.45) is 0 Å². The standard InChI is InChI=1S/C5H8O2.4H2O.Ti/c1-4(6)3-5(2)7;;;;;/h3,6H,1-2H3;4*1H2;/p-5/b4-3-;;;;;. The minimum atomic E-state index is -0.187. The molecule has 0 atom stereocenters. The summed E-state index contributed by atoms with van der Waals surface area (Å²) in [5.74, 6) is -0.375. The Kier molecular flexibility index (Phi) is 76.7. The molecule has 0 fully saturated rings. The van der Waals surface area contributed by atoms with E-state index in [0.717, 1.165) is 6.08 Å². The summed E-state index contributed by atoms with van der Waals surface area (Å²) in [7, 11) is 0. The van der Waals surface area contributed by atoms with Gasteiger partial charge < -0.3 is 27.0 Å². The molecular formula is C5H11O6Ti-5. The first-order chi connectivity index (χ1) is 3.13. The van der Waals surface area contributed by atoms with E-state index >= 15 is 0 Å². The van der Waals surface area contributed by atoms with Crippen LogP contribution in [0.2, 0.25) is 0 Å². The van der Waals surface area contributed by atoms with Crippen molar-refractivity contribution >= 4 is 5.78 Å². The van der Waals surface area contributed by atoms with E-state index in [0.29, 0.717) is 0 Å². The Labute approximate surface area is 85.4 Å². The topological polar surface area (TPSA) is 160 Å². The van der Waals surface area contributed by atoms with Gasteiger partial charge in [0.1, 0.15) is 0 Å². The third-order valence-electron chi connectivity index (χ3n) is 0.407. The van der Waals surface area contributed by atoms with Crippen molar-refractivity contribution in [2.75, 3.05) is 0 Å². The summed E-state index contributed by atoms with van der Waals surface area (Å²) in [5, 5.41) is 9.98. The summed E-state index contributed by atoms with van der Waals surface area (Å²) in [6.07, 6.45) is 1.06. The largest absolute Gasteiger partial charge is 0.876 e. The normalized spacial score (nSPS) is 6.67. The molecule has 0 aromatic rings. The zero-order valence-electron chi connectivity index (χ0n) is 6.68. The summed E-state index contributed by atoms with van der Waals surface area (Å²) in [5.41, 5.74) is 0. The molecule has 6 nitrogen and oxygen atoms in total. The van der Waals surface area contributed by atoms with Crippen molar-refractivity contribution in [1.82, 2.24) is 0 Å². The number of carbonyl (C=O) groups is 1. The molecule has 0 aromatic carbocycles. The average Bonchev–Trinajstić information content (AvgIpc) is 1.27. The van der Waals surface area contributed by atoms with Crippen LogP contribution in [0.3, 0.4) is 0 Å². The number of rotatable bonds is 1. The average molecular weight is 215 g/mol. The molecule has 0 aromatic heterocycles. The van der Waals surface area contributed by atoms with Gasteiger partial charge in [-0.25, -0.2) is 0 Å². The van der Waals surface area contributed by atoms with Gasteiger partial charge in [-0.3, -0.25) is 4.79 Å². The molecule has 0 aliphatic rings. The first kappa shape index (κ1) is 41.0. The summed E-state index contributed by atoms with van der Waals surface area (Å²) < 4.78 is 0. The van der Waals surface area contributed by atoms with Crippen LogP contribution in [0.15, 0.2) is 11.8 Å². The van der Waals surface area contributed by atoms with E-state index in [-0.39, 0.29) is 55.2 Å². The second kappa shape index (κ2) is 22.4. The van der Waals surface area contributed by atoms with Gasteiger partial charge in [-0.1, -0.05) is 6.92 Å². The van der Waals surface area contributed by atoms with Gasteiger partial charge in [-0.15, -0.1) is 5.76 Å². The molecule has 0 saturated carbocycles. The van der Waals surface area contributed by atoms with Crippen LogP contribution < -0.4 is 5.11 Å². The minimum absolute atomic E-state index is 0. The van der Waals surface area contributed by atoms with Crippen molar-refractivity contribution in [2.45, 2.75) is 13.8 Å². The van der Waals surface area contributed by atoms with Crippen molar-refractivity contribution < 1.29 is 53.5 Å². The van der Waals surface area contributed by atoms with Gasteiger partial charge >= 0.3 is 0 Å². The van der Waals surface area contributed by atoms with E-state index in [1.165, 1.54) is 13.8 Å². The van der Waals surface area contributed by atoms with E-state index in [4.69, 9.17) is 0 Å². The maximum atomic E-state index is 9.98. The Morgan fingerprint density at radius 3 is 1.33 bits per heavy atom. The van der Waals surface area contributed by atoms with Crippen molar-refractivity contribution in [3.8, 4) is 0 Å². The van der Waals surface area contributed by atoms with E-state index in [1.54, 1.807) is 0 Å². The molecule has 12 heavy (non-hydrogen) atoms. The van der Waals surface area contributed by atoms with Crippen LogP contribution >= 0.6 is 0 Å². The fourth-order valence-electron chi connectivity index (χ4n) is 0.286. The Morgan fingerprint density at radius 1 is 1.08 bits per heavy atom. The maximum absolute atomic E-state index is 9.98. The van der Waals surface area contributed by atoms with Gasteiger partial charge in [0, 0.05) is 21.7 Å². The van der Waals surface area contributed by atoms with Gasteiger partial charge in [0.2, 0.25) is 0 Å². The summed E-state index contributed by atoms with van der Waals surface area (Å²) >= 11 is 0. The number of carbonyl (C=O) groups excluding carboxylic acids is 1. The van der Waals surface area contributed by atoms with Crippen molar-refractivity contribution in [3.63, 3.8) is 0 Å². The van der Waals surface area contributed by atoms with Gasteiger partial charge in [-0.2, -0.15) is 0 Å². The fraction of sp³-hybridized carbons (Fsp3) is 0.400. The molecule has 0 spiro atoms. The summed E-state index contributed by atoms with van der Waals surface area (Å²) in [6.45, 7) is 2.70. The molecule has 0 saturated heterocycles. The smallest absolute Gasteiger partial charge is 0.151 e. The molecule has 0 rings (SSSR count). The molecule has 0 heterocycles. The van der Waals surface area contributed by atoms with Crippen LogP contribution in [0.1, 0.15) is 13.8 Å². The summed E-state index contributed by atoms with van der Waals surface area (Å²) in [4.78, 5) is 9.98.